The summed E-state index contributed by atoms with van der Waals surface area (Å²) in [4.78, 5) is 0. The molecule has 0 aromatic heterocycles. The van der Waals surface area contributed by atoms with Crippen molar-refractivity contribution < 1.29 is 4.74 Å². The minimum absolute atomic E-state index is 0.0254. The van der Waals surface area contributed by atoms with Crippen LogP contribution in [0.3, 0.4) is 0 Å². The van der Waals surface area contributed by atoms with Crippen LogP contribution in [0.4, 0.5) is 5.69 Å². The van der Waals surface area contributed by atoms with Gasteiger partial charge >= 0.3 is 0 Å². The number of hydrogen-bond donors (Lipinski definition) is 1. The summed E-state index contributed by atoms with van der Waals surface area (Å²) in [6.45, 7) is 4.54. The molecule has 1 aromatic rings. The molecule has 0 spiro atoms. The number of aryl methyl sites for hydroxylation is 1. The lowest BCUT2D eigenvalue weighted by atomic mass is 10.2. The zero-order valence-corrected chi connectivity index (χ0v) is 12.3. The average molecular weight is 281 g/mol. The van der Waals surface area contributed by atoms with E-state index in [1.165, 1.54) is 0 Å². The van der Waals surface area contributed by atoms with Gasteiger partial charge in [-0.05, 0) is 49.8 Å². The van der Waals surface area contributed by atoms with Crippen molar-refractivity contribution in [2.24, 2.45) is 11.0 Å². The van der Waals surface area contributed by atoms with E-state index in [0.29, 0.717) is 6.54 Å². The van der Waals surface area contributed by atoms with Gasteiger partial charge in [0.05, 0.1) is 12.5 Å². The van der Waals surface area contributed by atoms with Crippen molar-refractivity contribution in [1.82, 2.24) is 5.01 Å². The molecule has 0 bridgehead atoms. The third kappa shape index (κ3) is 4.15. The Morgan fingerprint density at radius 1 is 1.52 bits per heavy atom. The maximum Gasteiger partial charge on any atom is 0.130 e. The molecule has 4 heteroatoms. The Hall–Kier alpha value is -2.67. The molecule has 1 heterocycles. The molecule has 4 nitrogen and oxygen atoms in total. The number of nitrogen functional groups attached to an aromatic ring is 1. The summed E-state index contributed by atoms with van der Waals surface area (Å²) in [5, 5.41) is 6.09. The zero-order chi connectivity index (χ0) is 15.2. The molecular weight excluding hydrogens is 262 g/mol. The van der Waals surface area contributed by atoms with Crippen LogP contribution < -0.4 is 10.5 Å². The molecule has 0 unspecified atom stereocenters. The maximum atomic E-state index is 5.84. The van der Waals surface area contributed by atoms with Gasteiger partial charge in [0.25, 0.3) is 0 Å². The predicted octanol–water partition coefficient (Wildman–Crippen LogP) is 2.92. The highest BCUT2D eigenvalue weighted by molar-refractivity contribution is 5.63. The van der Waals surface area contributed by atoms with Crippen molar-refractivity contribution in [3.63, 3.8) is 0 Å². The van der Waals surface area contributed by atoms with E-state index >= 15 is 0 Å². The van der Waals surface area contributed by atoms with Crippen molar-refractivity contribution in [3.8, 4) is 18.1 Å². The topological polar surface area (TPSA) is 50.8 Å². The van der Waals surface area contributed by atoms with Crippen LogP contribution in [-0.4, -0.2) is 17.8 Å². The van der Waals surface area contributed by atoms with E-state index in [1.807, 2.05) is 50.4 Å². The normalized spacial score (nSPS) is 15.7. The van der Waals surface area contributed by atoms with Crippen molar-refractivity contribution in [1.29, 1.82) is 0 Å². The fraction of sp³-hybridized carbons (Fsp3) is 0.235. The first-order valence-electron chi connectivity index (χ1n) is 6.77. The minimum atomic E-state index is 0.0254. The molecular formula is C17H19N3O. The van der Waals surface area contributed by atoms with Crippen LogP contribution in [0.15, 0.2) is 47.4 Å². The van der Waals surface area contributed by atoms with E-state index in [1.54, 1.807) is 11.2 Å². The van der Waals surface area contributed by atoms with Gasteiger partial charge < -0.3 is 10.5 Å². The van der Waals surface area contributed by atoms with Gasteiger partial charge in [0.1, 0.15) is 11.5 Å². The Labute approximate surface area is 125 Å². The van der Waals surface area contributed by atoms with E-state index < -0.39 is 0 Å². The lowest BCUT2D eigenvalue weighted by Crippen LogP contribution is -2.15. The van der Waals surface area contributed by atoms with Gasteiger partial charge in [-0.1, -0.05) is 5.92 Å². The smallest absolute Gasteiger partial charge is 0.130 e. The van der Waals surface area contributed by atoms with Crippen molar-refractivity contribution in [3.05, 3.63) is 47.9 Å². The highest BCUT2D eigenvalue weighted by Crippen LogP contribution is 2.23. The largest absolute Gasteiger partial charge is 0.457 e. The van der Waals surface area contributed by atoms with E-state index in [2.05, 4.69) is 11.0 Å². The number of nitrogens with zero attached hydrogens (tertiary/aromatic N) is 2. The SMILES string of the molecule is C#C[C@@H](C)/C=N\N1C=CC(Oc2ccc(N)cc2C)=CC1. The Morgan fingerprint density at radius 2 is 2.33 bits per heavy atom. The summed E-state index contributed by atoms with van der Waals surface area (Å²) < 4.78 is 5.84. The Bertz CT molecular complexity index is 638. The third-order valence-corrected chi connectivity index (χ3v) is 3.02. The van der Waals surface area contributed by atoms with Crippen LogP contribution in [0.2, 0.25) is 0 Å². The van der Waals surface area contributed by atoms with E-state index in [-0.39, 0.29) is 5.92 Å². The van der Waals surface area contributed by atoms with Gasteiger partial charge in [0.15, 0.2) is 0 Å². The molecule has 0 saturated carbocycles. The number of terminal acetylenes is 1. The molecule has 0 saturated heterocycles. The second kappa shape index (κ2) is 6.67. The van der Waals surface area contributed by atoms with Gasteiger partial charge in [-0.25, -0.2) is 0 Å². The zero-order valence-electron chi connectivity index (χ0n) is 12.3. The summed E-state index contributed by atoms with van der Waals surface area (Å²) in [5.74, 6) is 4.23. The molecule has 1 atom stereocenters. The number of allylic oxidation sites excluding steroid dienone is 1. The summed E-state index contributed by atoms with van der Waals surface area (Å²) >= 11 is 0. The molecule has 0 amide bonds. The number of hydrazone groups is 1. The first-order valence-corrected chi connectivity index (χ1v) is 6.77. The van der Waals surface area contributed by atoms with Gasteiger partial charge in [-0.3, -0.25) is 5.01 Å². The molecule has 21 heavy (non-hydrogen) atoms. The summed E-state index contributed by atoms with van der Waals surface area (Å²) in [7, 11) is 0. The molecule has 0 aliphatic carbocycles. The monoisotopic (exact) mass is 281 g/mol. The van der Waals surface area contributed by atoms with Gasteiger partial charge in [-0.15, -0.1) is 6.42 Å². The Kier molecular flexibility index (Phi) is 4.68. The first-order chi connectivity index (χ1) is 10.1. The molecule has 2 N–H and O–H groups in total. The third-order valence-electron chi connectivity index (χ3n) is 3.02. The van der Waals surface area contributed by atoms with Gasteiger partial charge in [0, 0.05) is 18.1 Å². The standard InChI is InChI=1S/C17H19N3O/c1-4-13(2)12-19-20-9-7-16(8-10-20)21-17-6-5-15(18)11-14(17)3/h1,5-9,11-13H,10,18H2,2-3H3/b19-12-/t13-/m1/s1. The van der Waals surface area contributed by atoms with Crippen molar-refractivity contribution >= 4 is 11.9 Å². The molecule has 2 rings (SSSR count). The van der Waals surface area contributed by atoms with Crippen molar-refractivity contribution in [2.75, 3.05) is 12.3 Å². The summed E-state index contributed by atoms with van der Waals surface area (Å²) in [6.07, 6.45) is 12.7. The molecule has 108 valence electrons. The number of anilines is 1. The fourth-order valence-corrected chi connectivity index (χ4v) is 1.78. The number of benzene rings is 1. The lowest BCUT2D eigenvalue weighted by Gasteiger charge is -2.18. The van der Waals surface area contributed by atoms with E-state index in [0.717, 1.165) is 22.8 Å². The molecule has 0 fully saturated rings. The highest BCUT2D eigenvalue weighted by Gasteiger charge is 2.07. The average Bonchev–Trinajstić information content (AvgIpc) is 2.49. The number of hydrogen-bond acceptors (Lipinski definition) is 4. The number of ether oxygens (including phenoxy) is 1. The van der Waals surface area contributed by atoms with E-state index in [4.69, 9.17) is 16.9 Å². The van der Waals surface area contributed by atoms with E-state index in [9.17, 15) is 0 Å². The molecule has 1 aliphatic rings. The fourth-order valence-electron chi connectivity index (χ4n) is 1.78. The van der Waals surface area contributed by atoms with Crippen LogP contribution in [0.25, 0.3) is 0 Å². The van der Waals surface area contributed by atoms with Gasteiger partial charge in [0.2, 0.25) is 0 Å². The summed E-state index contributed by atoms with van der Waals surface area (Å²) in [6, 6.07) is 5.59. The van der Waals surface area contributed by atoms with Crippen LogP contribution in [0, 0.1) is 25.2 Å². The maximum absolute atomic E-state index is 5.84. The van der Waals surface area contributed by atoms with Crippen LogP contribution in [0.1, 0.15) is 12.5 Å². The lowest BCUT2D eigenvalue weighted by molar-refractivity contribution is 0.393. The Balaban J connectivity index is 1.96. The molecule has 1 aromatic carbocycles. The van der Waals surface area contributed by atoms with Crippen molar-refractivity contribution in [2.45, 2.75) is 13.8 Å². The van der Waals surface area contributed by atoms with Gasteiger partial charge in [-0.2, -0.15) is 5.10 Å². The number of rotatable bonds is 4. The van der Waals surface area contributed by atoms with Crippen LogP contribution in [-0.2, 0) is 0 Å². The minimum Gasteiger partial charge on any atom is -0.457 e. The predicted molar refractivity (Wildman–Crippen MR) is 86.6 cm³/mol. The molecule has 0 radical (unpaired) electrons. The highest BCUT2D eigenvalue weighted by atomic mass is 16.5. The molecule has 1 aliphatic heterocycles. The summed E-state index contributed by atoms with van der Waals surface area (Å²) in [5.41, 5.74) is 7.47. The second-order valence-corrected chi connectivity index (χ2v) is 4.89. The van der Waals surface area contributed by atoms with Crippen LogP contribution in [0.5, 0.6) is 5.75 Å². The Morgan fingerprint density at radius 3 is 2.95 bits per heavy atom. The second-order valence-electron chi connectivity index (χ2n) is 4.89. The number of nitrogens with two attached hydrogens (primary N) is 1. The van der Waals surface area contributed by atoms with Crippen LogP contribution >= 0.6 is 0 Å². The first kappa shape index (κ1) is 14.7. The quantitative estimate of drug-likeness (QED) is 0.524.